The fraction of sp³-hybridized carbons (Fsp3) is 0.353. The van der Waals surface area contributed by atoms with Crippen molar-refractivity contribution in [2.45, 2.75) is 26.7 Å². The highest BCUT2D eigenvalue weighted by Gasteiger charge is 2.22. The number of carbonyl (C=O) groups is 1. The molecular weight excluding hydrogens is 294 g/mol. The van der Waals surface area contributed by atoms with Crippen molar-refractivity contribution in [2.75, 3.05) is 13.1 Å². The summed E-state index contributed by atoms with van der Waals surface area (Å²) in [5.41, 5.74) is 2.82. The Bertz CT molecular complexity index is 707. The van der Waals surface area contributed by atoms with E-state index in [0.29, 0.717) is 17.9 Å². The highest BCUT2D eigenvalue weighted by atomic mass is 32.1. The summed E-state index contributed by atoms with van der Waals surface area (Å²) in [5.74, 6) is 0.755. The molecule has 0 unspecified atom stereocenters. The van der Waals surface area contributed by atoms with Crippen LogP contribution >= 0.6 is 11.3 Å². The summed E-state index contributed by atoms with van der Waals surface area (Å²) < 4.78 is 0. The maximum absolute atomic E-state index is 12.7. The van der Waals surface area contributed by atoms with Gasteiger partial charge in [-0.15, -0.1) is 11.3 Å². The van der Waals surface area contributed by atoms with Gasteiger partial charge in [-0.2, -0.15) is 0 Å². The number of thiophene rings is 1. The molecule has 0 atom stereocenters. The van der Waals surface area contributed by atoms with Gasteiger partial charge in [0, 0.05) is 24.2 Å². The highest BCUT2D eigenvalue weighted by Crippen LogP contribution is 2.26. The largest absolute Gasteiger partial charge is 0.334 e. The van der Waals surface area contributed by atoms with Crippen LogP contribution in [-0.4, -0.2) is 33.9 Å². The standard InChI is InChI=1S/C17H19N3OS/c1-3-15-14(11-18-12(2)19-15)17(21)20-8-6-13(7-9-20)16-5-4-10-22-16/h4-6,10-11H,3,7-9H2,1-2H3. The van der Waals surface area contributed by atoms with Gasteiger partial charge in [0.05, 0.1) is 11.3 Å². The third-order valence-electron chi connectivity index (χ3n) is 3.89. The van der Waals surface area contributed by atoms with Gasteiger partial charge in [0.1, 0.15) is 5.82 Å². The highest BCUT2D eigenvalue weighted by molar-refractivity contribution is 7.11. The van der Waals surface area contributed by atoms with Crippen LogP contribution in [0.5, 0.6) is 0 Å². The molecule has 2 aromatic heterocycles. The number of amides is 1. The zero-order valence-electron chi connectivity index (χ0n) is 12.9. The van der Waals surface area contributed by atoms with Crippen molar-refractivity contribution in [3.8, 4) is 0 Å². The zero-order valence-corrected chi connectivity index (χ0v) is 13.7. The first kappa shape index (κ1) is 14.9. The van der Waals surface area contributed by atoms with Crippen LogP contribution in [0.3, 0.4) is 0 Å². The topological polar surface area (TPSA) is 46.1 Å². The number of hydrogen-bond donors (Lipinski definition) is 0. The van der Waals surface area contributed by atoms with E-state index in [0.717, 1.165) is 25.1 Å². The molecule has 0 saturated heterocycles. The van der Waals surface area contributed by atoms with E-state index in [1.807, 2.05) is 18.7 Å². The third kappa shape index (κ3) is 2.95. The molecule has 1 aliphatic rings. The van der Waals surface area contributed by atoms with Crippen molar-refractivity contribution in [3.63, 3.8) is 0 Å². The molecule has 114 valence electrons. The van der Waals surface area contributed by atoms with Crippen LogP contribution in [0.1, 0.15) is 40.1 Å². The van der Waals surface area contributed by atoms with Crippen molar-refractivity contribution in [1.29, 1.82) is 0 Å². The van der Waals surface area contributed by atoms with Gasteiger partial charge >= 0.3 is 0 Å². The van der Waals surface area contributed by atoms with Crippen molar-refractivity contribution in [2.24, 2.45) is 0 Å². The molecule has 3 rings (SSSR count). The first-order chi connectivity index (χ1) is 10.7. The van der Waals surface area contributed by atoms with E-state index in [1.54, 1.807) is 17.5 Å². The summed E-state index contributed by atoms with van der Waals surface area (Å²) in [4.78, 5) is 24.5. The number of carbonyl (C=O) groups excluding carboxylic acids is 1. The van der Waals surface area contributed by atoms with Gasteiger partial charge < -0.3 is 4.90 Å². The molecule has 4 nitrogen and oxygen atoms in total. The van der Waals surface area contributed by atoms with Gasteiger partial charge in [0.25, 0.3) is 5.91 Å². The second kappa shape index (κ2) is 6.40. The van der Waals surface area contributed by atoms with E-state index in [4.69, 9.17) is 0 Å². The number of aromatic nitrogens is 2. The van der Waals surface area contributed by atoms with Gasteiger partial charge in [-0.05, 0) is 36.8 Å². The third-order valence-corrected chi connectivity index (χ3v) is 4.83. The summed E-state index contributed by atoms with van der Waals surface area (Å²) in [6.07, 6.45) is 5.48. The molecule has 0 aliphatic carbocycles. The second-order valence-corrected chi connectivity index (χ2v) is 6.29. The molecule has 22 heavy (non-hydrogen) atoms. The summed E-state index contributed by atoms with van der Waals surface area (Å²) in [5, 5.41) is 2.09. The minimum absolute atomic E-state index is 0.0401. The van der Waals surface area contributed by atoms with Crippen LogP contribution in [0.25, 0.3) is 5.57 Å². The molecule has 0 radical (unpaired) electrons. The smallest absolute Gasteiger partial charge is 0.257 e. The molecule has 0 N–H and O–H groups in total. The maximum atomic E-state index is 12.7. The predicted octanol–water partition coefficient (Wildman–Crippen LogP) is 3.34. The van der Waals surface area contributed by atoms with Gasteiger partial charge in [-0.1, -0.05) is 19.1 Å². The Morgan fingerprint density at radius 2 is 2.32 bits per heavy atom. The Hall–Kier alpha value is -2.01. The first-order valence-corrected chi connectivity index (χ1v) is 8.41. The lowest BCUT2D eigenvalue weighted by molar-refractivity contribution is 0.0771. The van der Waals surface area contributed by atoms with Gasteiger partial charge in [0.2, 0.25) is 0 Å². The van der Waals surface area contributed by atoms with E-state index in [2.05, 4.69) is 33.6 Å². The van der Waals surface area contributed by atoms with E-state index < -0.39 is 0 Å². The molecule has 1 aliphatic heterocycles. The van der Waals surface area contributed by atoms with Crippen molar-refractivity contribution >= 4 is 22.8 Å². The van der Waals surface area contributed by atoms with Gasteiger partial charge in [0.15, 0.2) is 0 Å². The molecule has 5 heteroatoms. The SMILES string of the molecule is CCc1nc(C)ncc1C(=O)N1CC=C(c2cccs2)CC1. The average molecular weight is 313 g/mol. The number of nitrogens with zero attached hydrogens (tertiary/aromatic N) is 3. The zero-order chi connectivity index (χ0) is 15.5. The minimum atomic E-state index is 0.0401. The molecule has 1 amide bonds. The number of hydrogen-bond acceptors (Lipinski definition) is 4. The maximum Gasteiger partial charge on any atom is 0.257 e. The number of rotatable bonds is 3. The van der Waals surface area contributed by atoms with Crippen LogP contribution < -0.4 is 0 Å². The average Bonchev–Trinajstić information content (AvgIpc) is 3.08. The Morgan fingerprint density at radius 3 is 2.95 bits per heavy atom. The van der Waals surface area contributed by atoms with Crippen LogP contribution in [0, 0.1) is 6.92 Å². The summed E-state index contributed by atoms with van der Waals surface area (Å²) in [7, 11) is 0. The van der Waals surface area contributed by atoms with Crippen molar-refractivity contribution in [1.82, 2.24) is 14.9 Å². The Kier molecular flexibility index (Phi) is 4.34. The summed E-state index contributed by atoms with van der Waals surface area (Å²) in [6, 6.07) is 4.20. The van der Waals surface area contributed by atoms with Crippen LogP contribution in [-0.2, 0) is 6.42 Å². The molecule has 2 aromatic rings. The molecule has 0 fully saturated rings. The minimum Gasteiger partial charge on any atom is -0.334 e. The second-order valence-electron chi connectivity index (χ2n) is 5.34. The fourth-order valence-corrected chi connectivity index (χ4v) is 3.47. The van der Waals surface area contributed by atoms with Gasteiger partial charge in [-0.25, -0.2) is 9.97 Å². The van der Waals surface area contributed by atoms with Crippen molar-refractivity contribution < 1.29 is 4.79 Å². The lowest BCUT2D eigenvalue weighted by atomic mass is 10.1. The van der Waals surface area contributed by atoms with E-state index in [-0.39, 0.29) is 5.91 Å². The molecule has 0 spiro atoms. The van der Waals surface area contributed by atoms with Crippen LogP contribution in [0.4, 0.5) is 0 Å². The monoisotopic (exact) mass is 313 g/mol. The van der Waals surface area contributed by atoms with Crippen LogP contribution in [0.2, 0.25) is 0 Å². The molecule has 0 saturated carbocycles. The van der Waals surface area contributed by atoms with Crippen LogP contribution in [0.15, 0.2) is 29.8 Å². The molecule has 0 aromatic carbocycles. The quantitative estimate of drug-likeness (QED) is 0.873. The molecule has 3 heterocycles. The predicted molar refractivity (Wildman–Crippen MR) is 89.0 cm³/mol. The van der Waals surface area contributed by atoms with Crippen molar-refractivity contribution in [3.05, 3.63) is 51.7 Å². The fourth-order valence-electron chi connectivity index (χ4n) is 2.67. The lowest BCUT2D eigenvalue weighted by Crippen LogP contribution is -2.35. The van der Waals surface area contributed by atoms with E-state index >= 15 is 0 Å². The number of aryl methyl sites for hydroxylation is 2. The summed E-state index contributed by atoms with van der Waals surface area (Å²) >= 11 is 1.75. The Morgan fingerprint density at radius 1 is 1.45 bits per heavy atom. The summed E-state index contributed by atoms with van der Waals surface area (Å²) in [6.45, 7) is 5.27. The van der Waals surface area contributed by atoms with E-state index in [9.17, 15) is 4.79 Å². The Labute approximate surface area is 134 Å². The Balaban J connectivity index is 1.77. The normalized spacial score (nSPS) is 14.8. The lowest BCUT2D eigenvalue weighted by Gasteiger charge is -2.26. The first-order valence-electron chi connectivity index (χ1n) is 7.53. The van der Waals surface area contributed by atoms with Gasteiger partial charge in [-0.3, -0.25) is 4.79 Å². The van der Waals surface area contributed by atoms with E-state index in [1.165, 1.54) is 10.5 Å². The molecular formula is C17H19N3OS. The molecule has 0 bridgehead atoms.